The molecular formula is C27H34N6O2. The zero-order valence-electron chi connectivity index (χ0n) is 20.5. The Hall–Kier alpha value is -3.65. The molecule has 3 heterocycles. The summed E-state index contributed by atoms with van der Waals surface area (Å²) in [6.07, 6.45) is 2.35. The summed E-state index contributed by atoms with van der Waals surface area (Å²) in [5.41, 5.74) is 9.65. The largest absolute Gasteiger partial charge is 0.494 e. The fourth-order valence-electron chi connectivity index (χ4n) is 4.65. The number of benzene rings is 2. The lowest BCUT2D eigenvalue weighted by Gasteiger charge is -2.34. The summed E-state index contributed by atoms with van der Waals surface area (Å²) in [6.45, 7) is 6.15. The van der Waals surface area contributed by atoms with Crippen LogP contribution < -0.4 is 30.3 Å². The second-order valence-corrected chi connectivity index (χ2v) is 9.19. The van der Waals surface area contributed by atoms with Gasteiger partial charge in [0.15, 0.2) is 0 Å². The maximum absolute atomic E-state index is 6.23. The summed E-state index contributed by atoms with van der Waals surface area (Å²) in [4.78, 5) is 11.9. The van der Waals surface area contributed by atoms with Crippen molar-refractivity contribution < 1.29 is 9.47 Å². The molecule has 2 aliphatic heterocycles. The van der Waals surface area contributed by atoms with Crippen molar-refractivity contribution in [3.05, 3.63) is 54.6 Å². The quantitative estimate of drug-likeness (QED) is 0.483. The van der Waals surface area contributed by atoms with E-state index in [0.29, 0.717) is 23.1 Å². The molecule has 1 aromatic heterocycles. The highest BCUT2D eigenvalue weighted by Gasteiger charge is 2.20. The van der Waals surface area contributed by atoms with E-state index in [4.69, 9.17) is 20.2 Å². The first-order chi connectivity index (χ1) is 17.1. The highest BCUT2D eigenvalue weighted by Crippen LogP contribution is 2.37. The van der Waals surface area contributed by atoms with Crippen molar-refractivity contribution in [3.8, 4) is 17.4 Å². The normalized spacial score (nSPS) is 16.4. The summed E-state index contributed by atoms with van der Waals surface area (Å²) in [5.74, 6) is 2.71. The van der Waals surface area contributed by atoms with E-state index >= 15 is 0 Å². The van der Waals surface area contributed by atoms with E-state index in [2.05, 4.69) is 51.3 Å². The van der Waals surface area contributed by atoms with Crippen molar-refractivity contribution in [2.45, 2.75) is 12.8 Å². The van der Waals surface area contributed by atoms with Gasteiger partial charge in [-0.05, 0) is 56.3 Å². The number of anilines is 5. The number of piperazine rings is 1. The number of likely N-dealkylation sites (N-methyl/N-ethyl adjacent to an activating group) is 1. The fourth-order valence-corrected chi connectivity index (χ4v) is 4.65. The van der Waals surface area contributed by atoms with Crippen molar-refractivity contribution in [1.29, 1.82) is 0 Å². The third kappa shape index (κ3) is 5.38. The lowest BCUT2D eigenvalue weighted by molar-refractivity contribution is 0.312. The molecule has 2 aromatic carbocycles. The van der Waals surface area contributed by atoms with Crippen LogP contribution in [0.3, 0.4) is 0 Å². The SMILES string of the molecule is COc1cc(N2CCN(C)CC2)ccc1Nc1ccc(N2CCCC2)c(Oc2cccc(N)c2)n1. The van der Waals surface area contributed by atoms with Crippen LogP contribution in [0, 0.1) is 0 Å². The second kappa shape index (κ2) is 10.3. The van der Waals surface area contributed by atoms with E-state index in [0.717, 1.165) is 56.4 Å². The smallest absolute Gasteiger partial charge is 0.245 e. The number of ether oxygens (including phenoxy) is 2. The number of rotatable bonds is 7. The minimum absolute atomic E-state index is 0.565. The van der Waals surface area contributed by atoms with Crippen LogP contribution in [0.5, 0.6) is 17.4 Å². The lowest BCUT2D eigenvalue weighted by atomic mass is 10.2. The number of hydrogen-bond donors (Lipinski definition) is 2. The maximum Gasteiger partial charge on any atom is 0.245 e. The van der Waals surface area contributed by atoms with E-state index in [1.165, 1.54) is 18.5 Å². The van der Waals surface area contributed by atoms with Gasteiger partial charge in [-0.2, -0.15) is 4.98 Å². The molecule has 0 bridgehead atoms. The Bertz CT molecular complexity index is 1160. The van der Waals surface area contributed by atoms with Gasteiger partial charge >= 0.3 is 0 Å². The van der Waals surface area contributed by atoms with Crippen LogP contribution in [0.4, 0.5) is 28.6 Å². The Balaban J connectivity index is 1.40. The molecule has 3 N–H and O–H groups in total. The molecule has 0 atom stereocenters. The number of pyridine rings is 1. The van der Waals surface area contributed by atoms with Gasteiger partial charge in [-0.15, -0.1) is 0 Å². The van der Waals surface area contributed by atoms with E-state index < -0.39 is 0 Å². The van der Waals surface area contributed by atoms with Gasteiger partial charge in [0.25, 0.3) is 0 Å². The van der Waals surface area contributed by atoms with Crippen LogP contribution in [0.1, 0.15) is 12.8 Å². The average molecular weight is 475 g/mol. The highest BCUT2D eigenvalue weighted by atomic mass is 16.5. The lowest BCUT2D eigenvalue weighted by Crippen LogP contribution is -2.44. The molecule has 35 heavy (non-hydrogen) atoms. The van der Waals surface area contributed by atoms with Gasteiger partial charge in [0.2, 0.25) is 5.88 Å². The molecule has 2 fully saturated rings. The van der Waals surface area contributed by atoms with E-state index in [9.17, 15) is 0 Å². The molecule has 0 radical (unpaired) electrons. The molecule has 0 saturated carbocycles. The van der Waals surface area contributed by atoms with E-state index in [-0.39, 0.29) is 0 Å². The molecule has 184 valence electrons. The second-order valence-electron chi connectivity index (χ2n) is 9.19. The molecule has 0 spiro atoms. The van der Waals surface area contributed by atoms with E-state index in [1.807, 2.05) is 30.3 Å². The van der Waals surface area contributed by atoms with Crippen molar-refractivity contribution in [1.82, 2.24) is 9.88 Å². The number of nitrogens with one attached hydrogen (secondary N) is 1. The molecule has 0 amide bonds. The summed E-state index contributed by atoms with van der Waals surface area (Å²) < 4.78 is 12.0. The molecule has 0 aliphatic carbocycles. The third-order valence-corrected chi connectivity index (χ3v) is 6.68. The zero-order chi connectivity index (χ0) is 24.2. The first-order valence-corrected chi connectivity index (χ1v) is 12.3. The third-order valence-electron chi connectivity index (χ3n) is 6.68. The summed E-state index contributed by atoms with van der Waals surface area (Å²) in [7, 11) is 3.87. The van der Waals surface area contributed by atoms with Crippen LogP contribution in [0.15, 0.2) is 54.6 Å². The standard InChI is InChI=1S/C27H34N6O2/c1-31-14-16-32(17-15-31)21-8-9-23(25(19-21)34-2)29-26-11-10-24(33-12-3-4-13-33)27(30-26)35-22-7-5-6-20(28)18-22/h5-11,18-19H,3-4,12-17,28H2,1-2H3,(H,29,30). The summed E-state index contributed by atoms with van der Waals surface area (Å²) >= 11 is 0. The fraction of sp³-hybridized carbons (Fsp3) is 0.370. The van der Waals surface area contributed by atoms with Crippen LogP contribution in [-0.2, 0) is 0 Å². The Morgan fingerprint density at radius 1 is 0.886 bits per heavy atom. The Labute approximate surface area is 207 Å². The summed E-state index contributed by atoms with van der Waals surface area (Å²) in [5, 5.41) is 3.43. The topological polar surface area (TPSA) is 79.1 Å². The van der Waals surface area contributed by atoms with Crippen LogP contribution in [0.25, 0.3) is 0 Å². The van der Waals surface area contributed by atoms with Crippen LogP contribution >= 0.6 is 0 Å². The average Bonchev–Trinajstić information content (AvgIpc) is 3.40. The monoisotopic (exact) mass is 474 g/mol. The first-order valence-electron chi connectivity index (χ1n) is 12.3. The van der Waals surface area contributed by atoms with Crippen molar-refractivity contribution in [2.75, 3.05) is 74.3 Å². The van der Waals surface area contributed by atoms with Gasteiger partial charge in [0, 0.05) is 62.8 Å². The number of nitrogen functional groups attached to an aromatic ring is 1. The van der Waals surface area contributed by atoms with Gasteiger partial charge in [-0.1, -0.05) is 6.07 Å². The van der Waals surface area contributed by atoms with Gasteiger partial charge in [0.1, 0.15) is 23.0 Å². The molecule has 2 aliphatic rings. The minimum atomic E-state index is 0.565. The predicted octanol–water partition coefficient (Wildman–Crippen LogP) is 4.56. The number of methoxy groups -OCH3 is 1. The van der Waals surface area contributed by atoms with Crippen LogP contribution in [-0.4, -0.2) is 63.3 Å². The molecule has 8 nitrogen and oxygen atoms in total. The van der Waals surface area contributed by atoms with Crippen molar-refractivity contribution >= 4 is 28.6 Å². The zero-order valence-corrected chi connectivity index (χ0v) is 20.5. The van der Waals surface area contributed by atoms with Gasteiger partial charge in [-0.3, -0.25) is 0 Å². The summed E-state index contributed by atoms with van der Waals surface area (Å²) in [6, 6.07) is 17.8. The van der Waals surface area contributed by atoms with Crippen molar-refractivity contribution in [3.63, 3.8) is 0 Å². The van der Waals surface area contributed by atoms with Crippen LogP contribution in [0.2, 0.25) is 0 Å². The Morgan fingerprint density at radius 2 is 1.69 bits per heavy atom. The maximum atomic E-state index is 6.23. The van der Waals surface area contributed by atoms with Crippen molar-refractivity contribution in [2.24, 2.45) is 0 Å². The minimum Gasteiger partial charge on any atom is -0.494 e. The molecule has 3 aromatic rings. The first kappa shape index (κ1) is 23.1. The number of nitrogens with zero attached hydrogens (tertiary/aromatic N) is 4. The Kier molecular flexibility index (Phi) is 6.81. The molecule has 0 unspecified atom stereocenters. The van der Waals surface area contributed by atoms with E-state index in [1.54, 1.807) is 7.11 Å². The highest BCUT2D eigenvalue weighted by molar-refractivity contribution is 5.71. The predicted molar refractivity (Wildman–Crippen MR) is 143 cm³/mol. The molecule has 5 rings (SSSR count). The number of nitrogens with two attached hydrogens (primary N) is 1. The number of hydrogen-bond acceptors (Lipinski definition) is 8. The molecule has 2 saturated heterocycles. The van der Waals surface area contributed by atoms with Gasteiger partial charge < -0.3 is 35.2 Å². The molecule has 8 heteroatoms. The Morgan fingerprint density at radius 3 is 2.43 bits per heavy atom. The number of aromatic nitrogens is 1. The van der Waals surface area contributed by atoms with Gasteiger partial charge in [0.05, 0.1) is 12.8 Å². The molecular weight excluding hydrogens is 440 g/mol. The van der Waals surface area contributed by atoms with Gasteiger partial charge in [-0.25, -0.2) is 0 Å².